The van der Waals surface area contributed by atoms with Crippen LogP contribution in [0.15, 0.2) is 30.3 Å². The molecule has 1 spiro atoms. The van der Waals surface area contributed by atoms with Crippen LogP contribution in [-0.4, -0.2) is 58.2 Å². The summed E-state index contributed by atoms with van der Waals surface area (Å²) in [7, 11) is 4.07. The van der Waals surface area contributed by atoms with Crippen LogP contribution in [0.25, 0.3) is 0 Å². The molecule has 0 unspecified atom stereocenters. The van der Waals surface area contributed by atoms with Gasteiger partial charge in [-0.1, -0.05) is 32.0 Å². The van der Waals surface area contributed by atoms with Crippen LogP contribution in [0.4, 0.5) is 0 Å². The molecule has 6 heteroatoms. The van der Waals surface area contributed by atoms with Crippen LogP contribution in [0.3, 0.4) is 0 Å². The number of nitrogens with zero attached hydrogens (tertiary/aromatic N) is 3. The molecule has 2 aliphatic rings. The molecule has 1 aromatic carbocycles. The first-order valence-corrected chi connectivity index (χ1v) is 10.6. The summed E-state index contributed by atoms with van der Waals surface area (Å²) in [5.74, 6) is 1.34. The zero-order valence-corrected chi connectivity index (χ0v) is 17.9. The summed E-state index contributed by atoms with van der Waals surface area (Å²) < 4.78 is 6.60. The van der Waals surface area contributed by atoms with Gasteiger partial charge in [0.05, 0.1) is 0 Å². The first kappa shape index (κ1) is 20.0. The first-order valence-electron chi connectivity index (χ1n) is 10.6. The van der Waals surface area contributed by atoms with Crippen LogP contribution in [0.2, 0.25) is 0 Å². The highest BCUT2D eigenvalue weighted by Gasteiger charge is 2.42. The van der Waals surface area contributed by atoms with Crippen LogP contribution in [-0.2, 0) is 6.54 Å². The number of aromatic nitrogens is 2. The number of para-hydroxylation sites is 1. The monoisotopic (exact) mass is 396 g/mol. The number of hydrogen-bond donors (Lipinski definition) is 1. The molecular formula is C23H32N4O2. The number of carbonyl (C=O) groups excluding carboxylic acids is 1. The van der Waals surface area contributed by atoms with Gasteiger partial charge in [-0.05, 0) is 50.8 Å². The number of rotatable bonds is 3. The van der Waals surface area contributed by atoms with Gasteiger partial charge in [0.25, 0.3) is 5.91 Å². The number of amides is 1. The van der Waals surface area contributed by atoms with Crippen molar-refractivity contribution in [2.24, 2.45) is 0 Å². The lowest BCUT2D eigenvalue weighted by Crippen LogP contribution is -2.51. The first-order chi connectivity index (χ1) is 13.9. The highest BCUT2D eigenvalue weighted by molar-refractivity contribution is 5.92. The molecule has 1 aliphatic carbocycles. The quantitative estimate of drug-likeness (QED) is 0.857. The fourth-order valence-corrected chi connectivity index (χ4v) is 4.70. The average Bonchev–Trinajstić information content (AvgIpc) is 3.14. The number of nitrogens with one attached hydrogen (secondary N) is 1. The molecule has 1 aliphatic heterocycles. The Morgan fingerprint density at radius 3 is 2.72 bits per heavy atom. The zero-order valence-electron chi connectivity index (χ0n) is 17.9. The van der Waals surface area contributed by atoms with Crippen molar-refractivity contribution < 1.29 is 9.53 Å². The van der Waals surface area contributed by atoms with E-state index in [4.69, 9.17) is 4.74 Å². The summed E-state index contributed by atoms with van der Waals surface area (Å²) in [4.78, 5) is 17.2. The van der Waals surface area contributed by atoms with E-state index in [1.54, 1.807) is 0 Å². The smallest absolute Gasteiger partial charge is 0.274 e. The highest BCUT2D eigenvalue weighted by atomic mass is 16.5. The van der Waals surface area contributed by atoms with Gasteiger partial charge in [-0.15, -0.1) is 0 Å². The topological polar surface area (TPSA) is 61.5 Å². The zero-order chi connectivity index (χ0) is 20.6. The van der Waals surface area contributed by atoms with Crippen molar-refractivity contribution in [1.29, 1.82) is 0 Å². The molecule has 6 nitrogen and oxygen atoms in total. The van der Waals surface area contributed by atoms with Gasteiger partial charge in [0.1, 0.15) is 17.0 Å². The van der Waals surface area contributed by atoms with Gasteiger partial charge in [-0.25, -0.2) is 0 Å². The normalized spacial score (nSPS) is 24.8. The van der Waals surface area contributed by atoms with Crippen LogP contribution < -0.4 is 4.74 Å². The van der Waals surface area contributed by atoms with E-state index in [0.717, 1.165) is 50.2 Å². The lowest BCUT2D eigenvalue weighted by atomic mass is 9.81. The predicted octanol–water partition coefficient (Wildman–Crippen LogP) is 3.81. The number of fused-ring (bicyclic) bond motifs is 1. The number of carbonyl (C=O) groups is 1. The number of H-pyrrole nitrogens is 1. The van der Waals surface area contributed by atoms with Crippen molar-refractivity contribution >= 4 is 5.91 Å². The minimum absolute atomic E-state index is 0.00153. The summed E-state index contributed by atoms with van der Waals surface area (Å²) in [5.41, 5.74) is 2.59. The van der Waals surface area contributed by atoms with E-state index in [1.165, 1.54) is 5.56 Å². The summed E-state index contributed by atoms with van der Waals surface area (Å²) >= 11 is 0. The van der Waals surface area contributed by atoms with Crippen molar-refractivity contribution in [3.63, 3.8) is 0 Å². The lowest BCUT2D eigenvalue weighted by molar-refractivity contribution is -0.00850. The second-order valence-corrected chi connectivity index (χ2v) is 9.08. The van der Waals surface area contributed by atoms with Gasteiger partial charge in [0.15, 0.2) is 0 Å². The van der Waals surface area contributed by atoms with Gasteiger partial charge in [0, 0.05) is 37.4 Å². The minimum atomic E-state index is -0.168. The van der Waals surface area contributed by atoms with Gasteiger partial charge in [-0.3, -0.25) is 14.8 Å². The van der Waals surface area contributed by atoms with E-state index in [0.29, 0.717) is 11.6 Å². The summed E-state index contributed by atoms with van der Waals surface area (Å²) in [5, 5.41) is 7.23. The fraction of sp³-hybridized carbons (Fsp3) is 0.565. The predicted molar refractivity (Wildman–Crippen MR) is 113 cm³/mol. The Kier molecular flexibility index (Phi) is 5.38. The van der Waals surface area contributed by atoms with Crippen LogP contribution in [0.5, 0.6) is 5.75 Å². The summed E-state index contributed by atoms with van der Waals surface area (Å²) in [6, 6.07) is 10.5. The van der Waals surface area contributed by atoms with Gasteiger partial charge < -0.3 is 9.64 Å². The van der Waals surface area contributed by atoms with E-state index in [9.17, 15) is 4.79 Å². The molecule has 0 radical (unpaired) electrons. The SMILES string of the molecule is CC(C)c1cc(C(=O)N(C)C2CCC3(CC2)CN(C)Cc2ccccc2O3)n[nH]1. The van der Waals surface area contributed by atoms with Crippen molar-refractivity contribution in [2.45, 2.75) is 63.6 Å². The van der Waals surface area contributed by atoms with E-state index < -0.39 is 0 Å². The minimum Gasteiger partial charge on any atom is -0.486 e. The second-order valence-electron chi connectivity index (χ2n) is 9.08. The van der Waals surface area contributed by atoms with E-state index >= 15 is 0 Å². The average molecular weight is 397 g/mol. The Morgan fingerprint density at radius 1 is 1.31 bits per heavy atom. The van der Waals surface area contributed by atoms with E-state index in [2.05, 4.69) is 54.2 Å². The molecule has 29 heavy (non-hydrogen) atoms. The molecule has 1 fully saturated rings. The van der Waals surface area contributed by atoms with E-state index in [1.807, 2.05) is 24.1 Å². The molecular weight excluding hydrogens is 364 g/mol. The summed E-state index contributed by atoms with van der Waals surface area (Å²) in [6.45, 7) is 6.02. The number of aromatic amines is 1. The third kappa shape index (κ3) is 4.04. The number of likely N-dealkylation sites (N-methyl/N-ethyl adjacent to an activating group) is 1. The van der Waals surface area contributed by atoms with Crippen LogP contribution in [0, 0.1) is 0 Å². The standard InChI is InChI=1S/C23H32N4O2/c1-16(2)19-13-20(25-24-19)22(28)27(4)18-9-11-23(12-10-18)15-26(3)14-17-7-5-6-8-21(17)29-23/h5-8,13,16,18H,9-12,14-15H2,1-4H3,(H,24,25). The molecule has 1 N–H and O–H groups in total. The number of benzene rings is 1. The molecule has 0 saturated heterocycles. The molecule has 1 amide bonds. The number of hydrogen-bond acceptors (Lipinski definition) is 4. The molecule has 2 heterocycles. The third-order valence-corrected chi connectivity index (χ3v) is 6.47. The lowest BCUT2D eigenvalue weighted by Gasteiger charge is -2.43. The molecule has 0 bridgehead atoms. The van der Waals surface area contributed by atoms with Gasteiger partial charge in [-0.2, -0.15) is 5.10 Å². The fourth-order valence-electron chi connectivity index (χ4n) is 4.70. The number of ether oxygens (including phenoxy) is 1. The Balaban J connectivity index is 1.43. The van der Waals surface area contributed by atoms with E-state index in [-0.39, 0.29) is 17.6 Å². The molecule has 0 atom stereocenters. The summed E-state index contributed by atoms with van der Waals surface area (Å²) in [6.07, 6.45) is 3.79. The maximum absolute atomic E-state index is 12.9. The van der Waals surface area contributed by atoms with Crippen LogP contribution >= 0.6 is 0 Å². The Labute approximate surface area is 173 Å². The third-order valence-electron chi connectivity index (χ3n) is 6.47. The highest BCUT2D eigenvalue weighted by Crippen LogP contribution is 2.39. The molecule has 2 aromatic rings. The molecule has 1 saturated carbocycles. The van der Waals surface area contributed by atoms with Crippen molar-refractivity contribution in [1.82, 2.24) is 20.0 Å². The largest absolute Gasteiger partial charge is 0.486 e. The maximum atomic E-state index is 12.9. The van der Waals surface area contributed by atoms with Crippen LogP contribution in [0.1, 0.15) is 67.2 Å². The van der Waals surface area contributed by atoms with Crippen molar-refractivity contribution in [3.05, 3.63) is 47.3 Å². The maximum Gasteiger partial charge on any atom is 0.274 e. The van der Waals surface area contributed by atoms with Crippen molar-refractivity contribution in [2.75, 3.05) is 20.6 Å². The Morgan fingerprint density at radius 2 is 2.03 bits per heavy atom. The second kappa shape index (κ2) is 7.82. The Bertz CT molecular complexity index is 867. The van der Waals surface area contributed by atoms with Gasteiger partial charge >= 0.3 is 0 Å². The Hall–Kier alpha value is -2.34. The van der Waals surface area contributed by atoms with Crippen molar-refractivity contribution in [3.8, 4) is 5.75 Å². The van der Waals surface area contributed by atoms with Gasteiger partial charge in [0.2, 0.25) is 0 Å². The molecule has 156 valence electrons. The molecule has 4 rings (SSSR count). The molecule has 1 aromatic heterocycles.